The summed E-state index contributed by atoms with van der Waals surface area (Å²) in [4.78, 5) is 35.7. The van der Waals surface area contributed by atoms with E-state index in [0.29, 0.717) is 12.2 Å². The Morgan fingerprint density at radius 3 is 2.45 bits per heavy atom. The Labute approximate surface area is 180 Å². The number of imide groups is 1. The molecule has 0 aliphatic heterocycles. The van der Waals surface area contributed by atoms with Crippen molar-refractivity contribution in [2.24, 2.45) is 0 Å². The lowest BCUT2D eigenvalue weighted by atomic mass is 10.0. The number of benzene rings is 2. The summed E-state index contributed by atoms with van der Waals surface area (Å²) in [5, 5.41) is 8.91. The van der Waals surface area contributed by atoms with Crippen molar-refractivity contribution in [2.75, 3.05) is 13.7 Å². The average Bonchev–Trinajstić information content (AvgIpc) is 3.18. The molecule has 1 heterocycles. The SMILES string of the molecule is CNC(=O)NC(=O)COC(=O)c1cn(Cc2ccccc2)nc1-c1ccc(C)c(C)c1. The molecular weight excluding hydrogens is 396 g/mol. The first kappa shape index (κ1) is 21.8. The molecule has 8 nitrogen and oxygen atoms in total. The topological polar surface area (TPSA) is 102 Å². The number of nitrogens with one attached hydrogen (secondary N) is 2. The van der Waals surface area contributed by atoms with Crippen LogP contribution in [0.15, 0.2) is 54.7 Å². The zero-order valence-electron chi connectivity index (χ0n) is 17.6. The van der Waals surface area contributed by atoms with E-state index in [0.717, 1.165) is 22.3 Å². The Bertz CT molecular complexity index is 1110. The zero-order chi connectivity index (χ0) is 22.4. The summed E-state index contributed by atoms with van der Waals surface area (Å²) in [5.74, 6) is -1.42. The maximum atomic E-state index is 12.8. The van der Waals surface area contributed by atoms with Crippen molar-refractivity contribution < 1.29 is 19.1 Å². The van der Waals surface area contributed by atoms with Crippen LogP contribution in [0.3, 0.4) is 0 Å². The van der Waals surface area contributed by atoms with Gasteiger partial charge >= 0.3 is 12.0 Å². The van der Waals surface area contributed by atoms with Gasteiger partial charge in [-0.2, -0.15) is 5.10 Å². The number of amides is 3. The van der Waals surface area contributed by atoms with Crippen LogP contribution in [0.1, 0.15) is 27.0 Å². The van der Waals surface area contributed by atoms with Gasteiger partial charge < -0.3 is 10.1 Å². The molecule has 0 spiro atoms. The molecule has 0 atom stereocenters. The van der Waals surface area contributed by atoms with Crippen molar-refractivity contribution in [3.8, 4) is 11.3 Å². The molecule has 0 aliphatic carbocycles. The van der Waals surface area contributed by atoms with Gasteiger partial charge in [0.2, 0.25) is 0 Å². The summed E-state index contributed by atoms with van der Waals surface area (Å²) >= 11 is 0. The maximum Gasteiger partial charge on any atom is 0.342 e. The Morgan fingerprint density at radius 2 is 1.77 bits per heavy atom. The van der Waals surface area contributed by atoms with Crippen LogP contribution >= 0.6 is 0 Å². The smallest absolute Gasteiger partial charge is 0.342 e. The van der Waals surface area contributed by atoms with E-state index in [1.165, 1.54) is 7.05 Å². The summed E-state index contributed by atoms with van der Waals surface area (Å²) in [7, 11) is 1.38. The number of aryl methyl sites for hydroxylation is 2. The van der Waals surface area contributed by atoms with Gasteiger partial charge in [-0.3, -0.25) is 14.8 Å². The molecule has 0 unspecified atom stereocenters. The molecule has 3 aromatic rings. The molecule has 0 saturated heterocycles. The number of rotatable bonds is 6. The number of ether oxygens (including phenoxy) is 1. The summed E-state index contributed by atoms with van der Waals surface area (Å²) < 4.78 is 6.80. The van der Waals surface area contributed by atoms with Crippen LogP contribution < -0.4 is 10.6 Å². The van der Waals surface area contributed by atoms with Gasteiger partial charge in [-0.25, -0.2) is 9.59 Å². The Balaban J connectivity index is 1.87. The van der Waals surface area contributed by atoms with Gasteiger partial charge in [0.1, 0.15) is 11.3 Å². The predicted molar refractivity (Wildman–Crippen MR) is 116 cm³/mol. The highest BCUT2D eigenvalue weighted by Crippen LogP contribution is 2.25. The number of hydrogen-bond donors (Lipinski definition) is 2. The van der Waals surface area contributed by atoms with E-state index in [9.17, 15) is 14.4 Å². The molecular formula is C23H24N4O4. The lowest BCUT2D eigenvalue weighted by molar-refractivity contribution is -0.123. The monoisotopic (exact) mass is 420 g/mol. The van der Waals surface area contributed by atoms with Crippen LogP contribution in [0.2, 0.25) is 0 Å². The predicted octanol–water partition coefficient (Wildman–Crippen LogP) is 2.83. The van der Waals surface area contributed by atoms with Crippen molar-refractivity contribution in [2.45, 2.75) is 20.4 Å². The molecule has 160 valence electrons. The largest absolute Gasteiger partial charge is 0.452 e. The van der Waals surface area contributed by atoms with E-state index in [-0.39, 0.29) is 5.56 Å². The normalized spacial score (nSPS) is 10.4. The molecule has 0 saturated carbocycles. The van der Waals surface area contributed by atoms with E-state index in [2.05, 4.69) is 10.4 Å². The second-order valence-corrected chi connectivity index (χ2v) is 7.08. The van der Waals surface area contributed by atoms with Crippen molar-refractivity contribution in [3.63, 3.8) is 0 Å². The van der Waals surface area contributed by atoms with Crippen LogP contribution in [-0.4, -0.2) is 41.3 Å². The minimum absolute atomic E-state index is 0.243. The minimum atomic E-state index is -0.725. The van der Waals surface area contributed by atoms with Crippen molar-refractivity contribution >= 4 is 17.9 Å². The van der Waals surface area contributed by atoms with E-state index >= 15 is 0 Å². The summed E-state index contributed by atoms with van der Waals surface area (Å²) in [6, 6.07) is 14.9. The van der Waals surface area contributed by atoms with Crippen LogP contribution in [0.5, 0.6) is 0 Å². The number of urea groups is 1. The molecule has 0 radical (unpaired) electrons. The lowest BCUT2D eigenvalue weighted by Crippen LogP contribution is -2.39. The standard InChI is InChI=1S/C23H24N4O4/c1-15-9-10-18(11-16(15)2)21-19(22(29)31-14-20(28)25-23(30)24-3)13-27(26-21)12-17-7-5-4-6-8-17/h4-11,13H,12,14H2,1-3H3,(H2,24,25,28,30). The average molecular weight is 420 g/mol. The number of hydrogen-bond acceptors (Lipinski definition) is 5. The molecule has 0 fully saturated rings. The van der Waals surface area contributed by atoms with Crippen molar-refractivity contribution in [1.29, 1.82) is 0 Å². The van der Waals surface area contributed by atoms with E-state index < -0.39 is 24.5 Å². The lowest BCUT2D eigenvalue weighted by Gasteiger charge is -2.07. The highest BCUT2D eigenvalue weighted by atomic mass is 16.5. The van der Waals surface area contributed by atoms with Crippen LogP contribution in [-0.2, 0) is 16.1 Å². The Kier molecular flexibility index (Phi) is 6.81. The van der Waals surface area contributed by atoms with Gasteiger partial charge in [-0.1, -0.05) is 42.5 Å². The number of carbonyl (C=O) groups excluding carboxylic acids is 3. The van der Waals surface area contributed by atoms with E-state index in [1.807, 2.05) is 67.7 Å². The quantitative estimate of drug-likeness (QED) is 0.597. The molecule has 3 rings (SSSR count). The first-order valence-corrected chi connectivity index (χ1v) is 9.75. The van der Waals surface area contributed by atoms with Gasteiger partial charge in [0.25, 0.3) is 5.91 Å². The fourth-order valence-corrected chi connectivity index (χ4v) is 2.96. The number of nitrogens with zero attached hydrogens (tertiary/aromatic N) is 2. The number of esters is 1. The second kappa shape index (κ2) is 9.71. The van der Waals surface area contributed by atoms with Gasteiger partial charge in [0.15, 0.2) is 6.61 Å². The van der Waals surface area contributed by atoms with Gasteiger partial charge in [-0.15, -0.1) is 0 Å². The van der Waals surface area contributed by atoms with Gasteiger partial charge in [0, 0.05) is 18.8 Å². The summed E-state index contributed by atoms with van der Waals surface area (Å²) in [6.45, 7) is 3.89. The third-order valence-corrected chi connectivity index (χ3v) is 4.76. The third kappa shape index (κ3) is 5.57. The fraction of sp³-hybridized carbons (Fsp3) is 0.217. The highest BCUT2D eigenvalue weighted by Gasteiger charge is 2.21. The van der Waals surface area contributed by atoms with Crippen LogP contribution in [0.25, 0.3) is 11.3 Å². The molecule has 2 aromatic carbocycles. The number of aromatic nitrogens is 2. The molecule has 31 heavy (non-hydrogen) atoms. The molecule has 1 aromatic heterocycles. The minimum Gasteiger partial charge on any atom is -0.452 e. The molecule has 3 amide bonds. The molecule has 0 bridgehead atoms. The van der Waals surface area contributed by atoms with Crippen LogP contribution in [0.4, 0.5) is 4.79 Å². The first-order chi connectivity index (χ1) is 14.9. The highest BCUT2D eigenvalue weighted by molar-refractivity contribution is 5.99. The fourth-order valence-electron chi connectivity index (χ4n) is 2.96. The molecule has 8 heteroatoms. The van der Waals surface area contributed by atoms with Gasteiger partial charge in [0.05, 0.1) is 6.54 Å². The Morgan fingerprint density at radius 1 is 1.03 bits per heavy atom. The zero-order valence-corrected chi connectivity index (χ0v) is 17.6. The summed E-state index contributed by atoms with van der Waals surface area (Å²) in [5.41, 5.74) is 4.71. The van der Waals surface area contributed by atoms with Gasteiger partial charge in [-0.05, 0) is 36.6 Å². The second-order valence-electron chi connectivity index (χ2n) is 7.08. The summed E-state index contributed by atoms with van der Waals surface area (Å²) in [6.07, 6.45) is 1.61. The molecule has 2 N–H and O–H groups in total. The van der Waals surface area contributed by atoms with Crippen molar-refractivity contribution in [1.82, 2.24) is 20.4 Å². The van der Waals surface area contributed by atoms with E-state index in [4.69, 9.17) is 4.74 Å². The van der Waals surface area contributed by atoms with E-state index in [1.54, 1.807) is 10.9 Å². The first-order valence-electron chi connectivity index (χ1n) is 9.75. The van der Waals surface area contributed by atoms with Crippen LogP contribution in [0, 0.1) is 13.8 Å². The van der Waals surface area contributed by atoms with Crippen molar-refractivity contribution in [3.05, 3.63) is 77.0 Å². The Hall–Kier alpha value is -3.94. The maximum absolute atomic E-state index is 12.8. The molecule has 0 aliphatic rings. The number of carbonyl (C=O) groups is 3. The third-order valence-electron chi connectivity index (χ3n) is 4.76.